The molecule has 0 N–H and O–H groups in total. The highest BCUT2D eigenvalue weighted by atomic mass is 35.5. The van der Waals surface area contributed by atoms with Crippen molar-refractivity contribution in [2.24, 2.45) is 0 Å². The summed E-state index contributed by atoms with van der Waals surface area (Å²) in [5.41, 5.74) is 0. The Morgan fingerprint density at radius 3 is 2.50 bits per heavy atom. The van der Waals surface area contributed by atoms with E-state index < -0.39 is 0 Å². The van der Waals surface area contributed by atoms with Crippen LogP contribution in [0, 0.1) is 11.3 Å². The number of carbonyl (C=O) groups excluding carboxylic acids is 1. The Morgan fingerprint density at radius 1 is 1.30 bits per heavy atom. The highest BCUT2D eigenvalue weighted by molar-refractivity contribution is 6.27. The lowest BCUT2D eigenvalue weighted by molar-refractivity contribution is -0.128. The van der Waals surface area contributed by atoms with Gasteiger partial charge in [-0.15, -0.1) is 11.6 Å². The standard InChI is InChI=1S/C14H17ClN2O3/c1-19-12-3-5-13(6-4-12)20-10-9-17(8-2-7-16)14(18)11-15/h3-6H,2,8-11H2,1H3. The molecular formula is C14H17ClN2O3. The number of hydrogen-bond donors (Lipinski definition) is 0. The van der Waals surface area contributed by atoms with Crippen molar-refractivity contribution in [1.29, 1.82) is 5.26 Å². The molecule has 6 heteroatoms. The van der Waals surface area contributed by atoms with Gasteiger partial charge in [-0.3, -0.25) is 4.79 Å². The summed E-state index contributed by atoms with van der Waals surface area (Å²) < 4.78 is 10.6. The van der Waals surface area contributed by atoms with Crippen molar-refractivity contribution < 1.29 is 14.3 Å². The summed E-state index contributed by atoms with van der Waals surface area (Å²) in [5, 5.41) is 8.56. The Hall–Kier alpha value is -1.93. The molecule has 5 nitrogen and oxygen atoms in total. The fourth-order valence-electron chi connectivity index (χ4n) is 1.58. The van der Waals surface area contributed by atoms with Gasteiger partial charge in [-0.1, -0.05) is 0 Å². The third-order valence-corrected chi connectivity index (χ3v) is 2.88. The van der Waals surface area contributed by atoms with Crippen LogP contribution in [-0.4, -0.2) is 43.5 Å². The Balaban J connectivity index is 2.42. The van der Waals surface area contributed by atoms with Gasteiger partial charge in [0.1, 0.15) is 24.0 Å². The zero-order valence-corrected chi connectivity index (χ0v) is 12.1. The van der Waals surface area contributed by atoms with Gasteiger partial charge in [0, 0.05) is 6.54 Å². The third-order valence-electron chi connectivity index (χ3n) is 2.65. The maximum atomic E-state index is 11.6. The molecule has 1 rings (SSSR count). The van der Waals surface area contributed by atoms with Gasteiger partial charge in [0.15, 0.2) is 0 Å². The van der Waals surface area contributed by atoms with Crippen LogP contribution in [0.2, 0.25) is 0 Å². The van der Waals surface area contributed by atoms with Crippen LogP contribution < -0.4 is 9.47 Å². The minimum Gasteiger partial charge on any atom is -0.497 e. The van der Waals surface area contributed by atoms with Crippen LogP contribution in [-0.2, 0) is 4.79 Å². The van der Waals surface area contributed by atoms with Gasteiger partial charge < -0.3 is 14.4 Å². The first-order chi connectivity index (χ1) is 9.71. The van der Waals surface area contributed by atoms with E-state index in [9.17, 15) is 4.79 Å². The maximum Gasteiger partial charge on any atom is 0.237 e. The van der Waals surface area contributed by atoms with Crippen molar-refractivity contribution in [3.63, 3.8) is 0 Å². The number of benzene rings is 1. The van der Waals surface area contributed by atoms with Crippen molar-refractivity contribution in [3.8, 4) is 17.6 Å². The van der Waals surface area contributed by atoms with Gasteiger partial charge in [0.2, 0.25) is 5.91 Å². The SMILES string of the molecule is COc1ccc(OCCN(CCC#N)C(=O)CCl)cc1. The molecule has 0 saturated heterocycles. The average Bonchev–Trinajstić information content (AvgIpc) is 2.50. The Kier molecular flexibility index (Phi) is 7.30. The van der Waals surface area contributed by atoms with E-state index in [2.05, 4.69) is 0 Å². The van der Waals surface area contributed by atoms with Crippen LogP contribution in [0.4, 0.5) is 0 Å². The molecule has 0 spiro atoms. The summed E-state index contributed by atoms with van der Waals surface area (Å²) >= 11 is 5.53. The molecule has 20 heavy (non-hydrogen) atoms. The molecule has 108 valence electrons. The summed E-state index contributed by atoms with van der Waals surface area (Å²) in [5.74, 6) is 1.17. The molecule has 1 aromatic carbocycles. The molecule has 0 bridgehead atoms. The van der Waals surface area contributed by atoms with E-state index in [4.69, 9.17) is 26.3 Å². The lowest BCUT2D eigenvalue weighted by Crippen LogP contribution is -2.36. The van der Waals surface area contributed by atoms with Crippen LogP contribution in [0.5, 0.6) is 11.5 Å². The van der Waals surface area contributed by atoms with Crippen molar-refractivity contribution in [2.45, 2.75) is 6.42 Å². The van der Waals surface area contributed by atoms with E-state index in [1.165, 1.54) is 4.90 Å². The van der Waals surface area contributed by atoms with Gasteiger partial charge >= 0.3 is 0 Å². The van der Waals surface area contributed by atoms with Crippen molar-refractivity contribution in [1.82, 2.24) is 4.90 Å². The summed E-state index contributed by atoms with van der Waals surface area (Å²) in [6, 6.07) is 9.19. The quantitative estimate of drug-likeness (QED) is 0.689. The van der Waals surface area contributed by atoms with E-state index in [1.54, 1.807) is 31.4 Å². The molecule has 0 unspecified atom stereocenters. The van der Waals surface area contributed by atoms with Crippen LogP contribution in [0.15, 0.2) is 24.3 Å². The van der Waals surface area contributed by atoms with Gasteiger partial charge in [0.25, 0.3) is 0 Å². The van der Waals surface area contributed by atoms with Crippen LogP contribution in [0.3, 0.4) is 0 Å². The fraction of sp³-hybridized carbons (Fsp3) is 0.429. The van der Waals surface area contributed by atoms with E-state index in [1.807, 2.05) is 6.07 Å². The van der Waals surface area contributed by atoms with Crippen molar-refractivity contribution in [2.75, 3.05) is 32.7 Å². The molecule has 0 saturated carbocycles. The molecule has 0 radical (unpaired) electrons. The number of nitrogens with zero attached hydrogens (tertiary/aromatic N) is 2. The highest BCUT2D eigenvalue weighted by Gasteiger charge is 2.11. The Labute approximate surface area is 123 Å². The molecule has 1 aromatic rings. The second-order valence-electron chi connectivity index (χ2n) is 3.95. The summed E-state index contributed by atoms with van der Waals surface area (Å²) in [6.45, 7) is 1.12. The van der Waals surface area contributed by atoms with Gasteiger partial charge in [0.05, 0.1) is 26.1 Å². The summed E-state index contributed by atoms with van der Waals surface area (Å²) in [4.78, 5) is 13.1. The second kappa shape index (κ2) is 9.05. The third kappa shape index (κ3) is 5.37. The molecule has 0 aromatic heterocycles. The number of alkyl halides is 1. The zero-order valence-electron chi connectivity index (χ0n) is 11.3. The number of methoxy groups -OCH3 is 1. The molecule has 0 heterocycles. The maximum absolute atomic E-state index is 11.6. The number of carbonyl (C=O) groups is 1. The smallest absolute Gasteiger partial charge is 0.237 e. The zero-order chi connectivity index (χ0) is 14.8. The fourth-order valence-corrected chi connectivity index (χ4v) is 1.75. The predicted molar refractivity (Wildman–Crippen MR) is 76.0 cm³/mol. The number of halogens is 1. The second-order valence-corrected chi connectivity index (χ2v) is 4.21. The molecule has 0 atom stereocenters. The first kappa shape index (κ1) is 16.1. The first-order valence-electron chi connectivity index (χ1n) is 6.18. The normalized spacial score (nSPS) is 9.65. The van der Waals surface area contributed by atoms with Gasteiger partial charge in [-0.2, -0.15) is 5.26 Å². The Morgan fingerprint density at radius 2 is 1.95 bits per heavy atom. The minimum atomic E-state index is -0.194. The highest BCUT2D eigenvalue weighted by Crippen LogP contribution is 2.16. The lowest BCUT2D eigenvalue weighted by atomic mass is 10.3. The van der Waals surface area contributed by atoms with Crippen molar-refractivity contribution in [3.05, 3.63) is 24.3 Å². The number of ether oxygens (including phenoxy) is 2. The van der Waals surface area contributed by atoms with E-state index >= 15 is 0 Å². The topological polar surface area (TPSA) is 62.6 Å². The molecule has 0 aliphatic rings. The first-order valence-corrected chi connectivity index (χ1v) is 6.72. The minimum absolute atomic E-state index is 0.0893. The summed E-state index contributed by atoms with van der Waals surface area (Å²) in [7, 11) is 1.60. The average molecular weight is 297 g/mol. The van der Waals surface area contributed by atoms with Crippen LogP contribution in [0.25, 0.3) is 0 Å². The van der Waals surface area contributed by atoms with Crippen molar-refractivity contribution >= 4 is 17.5 Å². The number of amides is 1. The van der Waals surface area contributed by atoms with E-state index in [0.29, 0.717) is 25.4 Å². The molecule has 0 aliphatic carbocycles. The van der Waals surface area contributed by atoms with Gasteiger partial charge in [-0.05, 0) is 24.3 Å². The Bertz CT molecular complexity index is 456. The van der Waals surface area contributed by atoms with E-state index in [0.717, 1.165) is 5.75 Å². The lowest BCUT2D eigenvalue weighted by Gasteiger charge is -2.20. The molecule has 0 fully saturated rings. The van der Waals surface area contributed by atoms with Crippen LogP contribution in [0.1, 0.15) is 6.42 Å². The number of rotatable bonds is 8. The number of nitriles is 1. The van der Waals surface area contributed by atoms with Crippen LogP contribution >= 0.6 is 11.6 Å². The molecule has 0 aliphatic heterocycles. The summed E-state index contributed by atoms with van der Waals surface area (Å²) in [6.07, 6.45) is 0.283. The number of hydrogen-bond acceptors (Lipinski definition) is 4. The van der Waals surface area contributed by atoms with Gasteiger partial charge in [-0.25, -0.2) is 0 Å². The monoisotopic (exact) mass is 296 g/mol. The molecular weight excluding hydrogens is 280 g/mol. The largest absolute Gasteiger partial charge is 0.497 e. The van der Waals surface area contributed by atoms with E-state index in [-0.39, 0.29) is 18.2 Å². The predicted octanol–water partition coefficient (Wildman–Crippen LogP) is 2.06. The molecule has 1 amide bonds.